The van der Waals surface area contributed by atoms with Crippen LogP contribution in [0.15, 0.2) is 59.1 Å². The minimum atomic E-state index is 0.624. The first-order valence-corrected chi connectivity index (χ1v) is 7.83. The van der Waals surface area contributed by atoms with Crippen LogP contribution in [0.3, 0.4) is 0 Å². The van der Waals surface area contributed by atoms with Crippen molar-refractivity contribution in [2.24, 2.45) is 0 Å². The van der Waals surface area contributed by atoms with Crippen LogP contribution in [0, 0.1) is 0 Å². The first-order valence-electron chi connectivity index (χ1n) is 7.01. The number of aromatic nitrogens is 5. The van der Waals surface area contributed by atoms with Gasteiger partial charge in [-0.15, -0.1) is 15.3 Å². The maximum absolute atomic E-state index is 5.87. The van der Waals surface area contributed by atoms with Crippen LogP contribution in [0.2, 0.25) is 0 Å². The van der Waals surface area contributed by atoms with E-state index in [9.17, 15) is 0 Å². The maximum atomic E-state index is 5.87. The molecular formula is C16H9N5OS. The van der Waals surface area contributed by atoms with Crippen LogP contribution in [0.25, 0.3) is 38.2 Å². The Balaban J connectivity index is 1.67. The first-order chi connectivity index (χ1) is 11.4. The second kappa shape index (κ2) is 4.72. The Labute approximate surface area is 134 Å². The predicted octanol–water partition coefficient (Wildman–Crippen LogP) is 3.66. The zero-order valence-electron chi connectivity index (χ0n) is 11.7. The number of furan rings is 1. The second-order valence-corrected chi connectivity index (χ2v) is 5.94. The molecule has 0 radical (unpaired) electrons. The molecule has 7 heteroatoms. The number of para-hydroxylation sites is 1. The summed E-state index contributed by atoms with van der Waals surface area (Å²) in [5, 5.41) is 14.8. The first kappa shape index (κ1) is 12.5. The van der Waals surface area contributed by atoms with Crippen molar-refractivity contribution in [2.45, 2.75) is 0 Å². The van der Waals surface area contributed by atoms with Crippen molar-refractivity contribution >= 4 is 27.3 Å². The molecule has 1 aromatic carbocycles. The molecule has 0 unspecified atom stereocenters. The van der Waals surface area contributed by atoms with Crippen molar-refractivity contribution in [1.29, 1.82) is 0 Å². The van der Waals surface area contributed by atoms with E-state index in [1.54, 1.807) is 10.7 Å². The van der Waals surface area contributed by atoms with Crippen molar-refractivity contribution in [3.05, 3.63) is 54.7 Å². The fourth-order valence-electron chi connectivity index (χ4n) is 2.46. The molecule has 6 nitrogen and oxygen atoms in total. The smallest absolute Gasteiger partial charge is 0.235 e. The third-order valence-corrected chi connectivity index (χ3v) is 4.43. The number of rotatable bonds is 2. The van der Waals surface area contributed by atoms with E-state index in [0.29, 0.717) is 10.8 Å². The van der Waals surface area contributed by atoms with E-state index in [-0.39, 0.29) is 0 Å². The van der Waals surface area contributed by atoms with E-state index >= 15 is 0 Å². The fraction of sp³-hybridized carbons (Fsp3) is 0. The van der Waals surface area contributed by atoms with Gasteiger partial charge in [0.05, 0.1) is 0 Å². The van der Waals surface area contributed by atoms with Crippen molar-refractivity contribution in [3.63, 3.8) is 0 Å². The van der Waals surface area contributed by atoms with Gasteiger partial charge in [0.25, 0.3) is 0 Å². The molecule has 0 spiro atoms. The topological polar surface area (TPSA) is 69.1 Å². The van der Waals surface area contributed by atoms with E-state index in [1.807, 2.05) is 48.5 Å². The van der Waals surface area contributed by atoms with E-state index in [2.05, 4.69) is 20.3 Å². The van der Waals surface area contributed by atoms with Gasteiger partial charge < -0.3 is 4.42 Å². The van der Waals surface area contributed by atoms with Gasteiger partial charge in [-0.25, -0.2) is 0 Å². The van der Waals surface area contributed by atoms with Crippen LogP contribution in [0.5, 0.6) is 0 Å². The Morgan fingerprint density at radius 1 is 1.00 bits per heavy atom. The molecule has 4 aromatic heterocycles. The van der Waals surface area contributed by atoms with Gasteiger partial charge in [0.2, 0.25) is 10.8 Å². The van der Waals surface area contributed by atoms with Crippen molar-refractivity contribution in [2.75, 3.05) is 0 Å². The maximum Gasteiger partial charge on any atom is 0.235 e. The second-order valence-electron chi connectivity index (χ2n) is 4.99. The summed E-state index contributed by atoms with van der Waals surface area (Å²) in [7, 11) is 0. The lowest BCUT2D eigenvalue weighted by atomic mass is 10.2. The van der Waals surface area contributed by atoms with Gasteiger partial charge in [-0.1, -0.05) is 35.6 Å². The number of nitrogens with zero attached hydrogens (tertiary/aromatic N) is 5. The zero-order valence-corrected chi connectivity index (χ0v) is 12.6. The van der Waals surface area contributed by atoms with E-state index in [0.717, 1.165) is 27.4 Å². The summed E-state index contributed by atoms with van der Waals surface area (Å²) in [6, 6.07) is 15.5. The van der Waals surface area contributed by atoms with Crippen LogP contribution in [-0.2, 0) is 0 Å². The van der Waals surface area contributed by atoms with Gasteiger partial charge in [-0.3, -0.25) is 4.98 Å². The normalized spacial score (nSPS) is 11.5. The quantitative estimate of drug-likeness (QED) is 0.496. The van der Waals surface area contributed by atoms with Gasteiger partial charge in [0.15, 0.2) is 10.8 Å². The third-order valence-electron chi connectivity index (χ3n) is 3.52. The average molecular weight is 319 g/mol. The van der Waals surface area contributed by atoms with Gasteiger partial charge in [-0.2, -0.15) is 4.52 Å². The third kappa shape index (κ3) is 1.94. The molecule has 0 fully saturated rings. The SMILES string of the molecule is c1ccc(-c2nnc3sc(-c4cc5ccccc5o4)nn23)nc1. The monoisotopic (exact) mass is 319 g/mol. The number of fused-ring (bicyclic) bond motifs is 2. The Kier molecular flexibility index (Phi) is 2.56. The molecule has 0 bridgehead atoms. The van der Waals surface area contributed by atoms with E-state index in [1.165, 1.54) is 11.3 Å². The summed E-state index contributed by atoms with van der Waals surface area (Å²) in [6.45, 7) is 0. The van der Waals surface area contributed by atoms with Gasteiger partial charge in [0, 0.05) is 11.6 Å². The van der Waals surface area contributed by atoms with Crippen LogP contribution >= 0.6 is 11.3 Å². The summed E-state index contributed by atoms with van der Waals surface area (Å²) < 4.78 is 7.57. The number of pyridine rings is 1. The molecule has 0 aliphatic carbocycles. The van der Waals surface area contributed by atoms with Gasteiger partial charge in [-0.05, 0) is 24.3 Å². The summed E-state index contributed by atoms with van der Waals surface area (Å²) >= 11 is 1.44. The Bertz CT molecular complexity index is 1090. The van der Waals surface area contributed by atoms with Crippen LogP contribution < -0.4 is 0 Å². The summed E-state index contributed by atoms with van der Waals surface area (Å²) in [6.07, 6.45) is 1.73. The molecule has 0 aliphatic heterocycles. The molecule has 4 heterocycles. The largest absolute Gasteiger partial charge is 0.453 e. The molecule has 0 aliphatic rings. The molecule has 0 atom stereocenters. The highest BCUT2D eigenvalue weighted by atomic mass is 32.1. The molecule has 5 rings (SSSR count). The highest BCUT2D eigenvalue weighted by Gasteiger charge is 2.17. The van der Waals surface area contributed by atoms with Crippen molar-refractivity contribution in [1.82, 2.24) is 24.8 Å². The molecule has 110 valence electrons. The zero-order chi connectivity index (χ0) is 15.2. The summed E-state index contributed by atoms with van der Waals surface area (Å²) in [5.74, 6) is 1.35. The molecule has 0 saturated heterocycles. The molecule has 0 saturated carbocycles. The van der Waals surface area contributed by atoms with E-state index < -0.39 is 0 Å². The molecule has 0 amide bonds. The minimum absolute atomic E-state index is 0.624. The Hall–Kier alpha value is -3.06. The highest BCUT2D eigenvalue weighted by molar-refractivity contribution is 7.19. The standard InChI is InChI=1S/C16H9N5OS/c1-2-7-12-10(5-1)9-13(22-12)15-20-21-14(18-19-16(21)23-15)11-6-3-4-8-17-11/h1-9H. The lowest BCUT2D eigenvalue weighted by Crippen LogP contribution is -1.92. The molecule has 0 N–H and O–H groups in total. The average Bonchev–Trinajstić information content (AvgIpc) is 3.28. The molecular weight excluding hydrogens is 310 g/mol. The summed E-state index contributed by atoms with van der Waals surface area (Å²) in [4.78, 5) is 5.02. The van der Waals surface area contributed by atoms with Crippen LogP contribution in [0.1, 0.15) is 0 Å². The minimum Gasteiger partial charge on any atom is -0.453 e. The van der Waals surface area contributed by atoms with Gasteiger partial charge in [0.1, 0.15) is 11.3 Å². The summed E-state index contributed by atoms with van der Waals surface area (Å²) in [5.41, 5.74) is 1.58. The number of hydrogen-bond acceptors (Lipinski definition) is 6. The Morgan fingerprint density at radius 2 is 1.91 bits per heavy atom. The van der Waals surface area contributed by atoms with Crippen LogP contribution in [-0.4, -0.2) is 24.8 Å². The fourth-order valence-corrected chi connectivity index (χ4v) is 3.25. The lowest BCUT2D eigenvalue weighted by molar-refractivity contribution is 0.629. The lowest BCUT2D eigenvalue weighted by Gasteiger charge is -1.94. The van der Waals surface area contributed by atoms with Crippen molar-refractivity contribution in [3.8, 4) is 22.3 Å². The molecule has 23 heavy (non-hydrogen) atoms. The van der Waals surface area contributed by atoms with Crippen LogP contribution in [0.4, 0.5) is 0 Å². The molecule has 5 aromatic rings. The Morgan fingerprint density at radius 3 is 2.78 bits per heavy atom. The predicted molar refractivity (Wildman–Crippen MR) is 87.1 cm³/mol. The van der Waals surface area contributed by atoms with E-state index in [4.69, 9.17) is 4.42 Å². The highest BCUT2D eigenvalue weighted by Crippen LogP contribution is 2.31. The van der Waals surface area contributed by atoms with Crippen molar-refractivity contribution < 1.29 is 4.42 Å². The number of hydrogen-bond donors (Lipinski definition) is 0. The van der Waals surface area contributed by atoms with Gasteiger partial charge >= 0.3 is 0 Å². The number of benzene rings is 1.